The van der Waals surface area contributed by atoms with E-state index in [1.54, 1.807) is 19.2 Å². The van der Waals surface area contributed by atoms with Crippen LogP contribution in [0.15, 0.2) is 58.3 Å². The summed E-state index contributed by atoms with van der Waals surface area (Å²) in [5.41, 5.74) is -0.491. The quantitative estimate of drug-likeness (QED) is 0.445. The lowest BCUT2D eigenvalue weighted by Gasteiger charge is -2.31. The minimum atomic E-state index is -4.12. The molecule has 1 heterocycles. The van der Waals surface area contributed by atoms with Gasteiger partial charge >= 0.3 is 0 Å². The van der Waals surface area contributed by atoms with Gasteiger partial charge in [0.2, 0.25) is 10.0 Å². The minimum Gasteiger partial charge on any atom is -0.377 e. The van der Waals surface area contributed by atoms with Gasteiger partial charge in [-0.1, -0.05) is 35.3 Å². The van der Waals surface area contributed by atoms with Crippen LogP contribution in [0.5, 0.6) is 0 Å². The molecule has 12 heteroatoms. The molecule has 2 aromatic carbocycles. The Labute approximate surface area is 203 Å². The summed E-state index contributed by atoms with van der Waals surface area (Å²) in [5, 5.41) is 16.5. The molecule has 33 heavy (non-hydrogen) atoms. The minimum absolute atomic E-state index is 0.0327. The fourth-order valence-corrected chi connectivity index (χ4v) is 8.29. The molecule has 2 aromatic rings. The van der Waals surface area contributed by atoms with Crippen molar-refractivity contribution < 1.29 is 21.9 Å². The van der Waals surface area contributed by atoms with E-state index >= 15 is 0 Å². The molecule has 2 fully saturated rings. The van der Waals surface area contributed by atoms with Gasteiger partial charge < -0.3 is 10.4 Å². The van der Waals surface area contributed by atoms with Crippen LogP contribution in [-0.4, -0.2) is 63.0 Å². The first kappa shape index (κ1) is 24.9. The van der Waals surface area contributed by atoms with Crippen molar-refractivity contribution in [1.29, 1.82) is 0 Å². The van der Waals surface area contributed by atoms with Gasteiger partial charge in [0.15, 0.2) is 9.84 Å². The van der Waals surface area contributed by atoms with Crippen molar-refractivity contribution in [2.45, 2.75) is 52.2 Å². The standard InChI is InChI=1S/C21H25Cl2N3O5S2/c1-24-21(10-11-21)25-20(27)18-12-16(32(28,29)19-5-3-2-4-17(19)23)13-26(18)33(30,31)15-8-6-14(22)7-9-15/h2-9,16,18,20,24-25,27H,10-13H2,1H3. The predicted molar refractivity (Wildman–Crippen MR) is 126 cm³/mol. The monoisotopic (exact) mass is 533 g/mol. The Bertz CT molecular complexity index is 1230. The molecule has 1 aliphatic carbocycles. The van der Waals surface area contributed by atoms with Crippen molar-refractivity contribution in [1.82, 2.24) is 14.9 Å². The van der Waals surface area contributed by atoms with Crippen molar-refractivity contribution in [3.63, 3.8) is 0 Å². The number of hydrogen-bond acceptors (Lipinski definition) is 7. The lowest BCUT2D eigenvalue weighted by atomic mass is 10.2. The Morgan fingerprint density at radius 2 is 1.70 bits per heavy atom. The predicted octanol–water partition coefficient (Wildman–Crippen LogP) is 2.22. The lowest BCUT2D eigenvalue weighted by molar-refractivity contribution is 0.0561. The summed E-state index contributed by atoms with van der Waals surface area (Å²) < 4.78 is 54.8. The number of hydrogen-bond donors (Lipinski definition) is 3. The first-order valence-electron chi connectivity index (χ1n) is 10.4. The molecule has 0 aromatic heterocycles. The number of sulfonamides is 1. The summed E-state index contributed by atoms with van der Waals surface area (Å²) in [7, 11) is -6.34. The molecular formula is C21H25Cl2N3O5S2. The van der Waals surface area contributed by atoms with Gasteiger partial charge in [0, 0.05) is 11.6 Å². The van der Waals surface area contributed by atoms with Crippen molar-refractivity contribution in [2.24, 2.45) is 0 Å². The second-order valence-electron chi connectivity index (χ2n) is 8.35. The maximum Gasteiger partial charge on any atom is 0.243 e. The number of aliphatic hydroxyl groups is 1. The van der Waals surface area contributed by atoms with Crippen LogP contribution >= 0.6 is 23.2 Å². The lowest BCUT2D eigenvalue weighted by Crippen LogP contribution is -2.56. The molecule has 8 nitrogen and oxygen atoms in total. The van der Waals surface area contributed by atoms with Crippen molar-refractivity contribution >= 4 is 43.1 Å². The summed E-state index contributed by atoms with van der Waals surface area (Å²) in [6, 6.07) is 10.7. The molecule has 3 N–H and O–H groups in total. The molecule has 0 spiro atoms. The van der Waals surface area contributed by atoms with Crippen LogP contribution in [0, 0.1) is 0 Å². The smallest absolute Gasteiger partial charge is 0.243 e. The van der Waals surface area contributed by atoms with Crippen LogP contribution in [0.25, 0.3) is 0 Å². The molecule has 180 valence electrons. The Balaban J connectivity index is 1.70. The van der Waals surface area contributed by atoms with E-state index in [9.17, 15) is 21.9 Å². The van der Waals surface area contributed by atoms with E-state index in [0.29, 0.717) is 5.02 Å². The number of sulfone groups is 1. The number of benzene rings is 2. The van der Waals surface area contributed by atoms with Crippen LogP contribution in [0.2, 0.25) is 10.0 Å². The molecule has 2 aliphatic rings. The molecule has 3 unspecified atom stereocenters. The second kappa shape index (κ2) is 9.09. The zero-order valence-electron chi connectivity index (χ0n) is 17.8. The normalized spacial score (nSPS) is 24.0. The van der Waals surface area contributed by atoms with E-state index in [4.69, 9.17) is 23.2 Å². The Morgan fingerprint density at radius 3 is 2.27 bits per heavy atom. The van der Waals surface area contributed by atoms with Crippen LogP contribution in [-0.2, 0) is 19.9 Å². The van der Waals surface area contributed by atoms with Gasteiger partial charge in [0.1, 0.15) is 6.23 Å². The topological polar surface area (TPSA) is 116 Å². The summed E-state index contributed by atoms with van der Waals surface area (Å²) in [4.78, 5) is -0.0906. The van der Waals surface area contributed by atoms with Gasteiger partial charge in [0.25, 0.3) is 0 Å². The largest absolute Gasteiger partial charge is 0.377 e. The zero-order chi connectivity index (χ0) is 24.0. The van der Waals surface area contributed by atoms with E-state index in [1.165, 1.54) is 36.4 Å². The molecule has 1 saturated heterocycles. The molecule has 0 bridgehead atoms. The summed E-state index contributed by atoms with van der Waals surface area (Å²) in [6.07, 6.45) is 0.152. The molecule has 1 aliphatic heterocycles. The highest BCUT2D eigenvalue weighted by atomic mass is 35.5. The van der Waals surface area contributed by atoms with Gasteiger partial charge in [-0.2, -0.15) is 4.31 Å². The third kappa shape index (κ3) is 4.81. The van der Waals surface area contributed by atoms with Gasteiger partial charge in [-0.05, 0) is 62.7 Å². The number of halogens is 2. The van der Waals surface area contributed by atoms with Gasteiger partial charge in [-0.3, -0.25) is 5.32 Å². The van der Waals surface area contributed by atoms with E-state index < -0.39 is 43.0 Å². The molecule has 1 saturated carbocycles. The van der Waals surface area contributed by atoms with E-state index in [0.717, 1.165) is 17.1 Å². The summed E-state index contributed by atoms with van der Waals surface area (Å²) in [5.74, 6) is 0. The first-order chi connectivity index (χ1) is 15.5. The first-order valence-corrected chi connectivity index (χ1v) is 14.1. The van der Waals surface area contributed by atoms with Gasteiger partial charge in [-0.25, -0.2) is 16.8 Å². The van der Waals surface area contributed by atoms with E-state index in [1.807, 2.05) is 0 Å². The number of nitrogens with one attached hydrogen (secondary N) is 2. The molecular weight excluding hydrogens is 509 g/mol. The van der Waals surface area contributed by atoms with Crippen molar-refractivity contribution in [3.8, 4) is 0 Å². The molecule has 4 rings (SSSR count). The van der Waals surface area contributed by atoms with Crippen LogP contribution < -0.4 is 10.6 Å². The zero-order valence-corrected chi connectivity index (χ0v) is 20.9. The van der Waals surface area contributed by atoms with Gasteiger partial charge in [0.05, 0.1) is 31.8 Å². The highest BCUT2D eigenvalue weighted by Crippen LogP contribution is 2.38. The Hall–Kier alpha value is -1.24. The van der Waals surface area contributed by atoms with Crippen LogP contribution in [0.4, 0.5) is 0 Å². The van der Waals surface area contributed by atoms with Crippen molar-refractivity contribution in [3.05, 3.63) is 58.6 Å². The maximum atomic E-state index is 13.5. The van der Waals surface area contributed by atoms with Crippen molar-refractivity contribution in [2.75, 3.05) is 13.6 Å². The SMILES string of the molecule is CNC1(NC(O)C2CC(S(=O)(=O)c3ccccc3Cl)CN2S(=O)(=O)c2ccc(Cl)cc2)CC1. The highest BCUT2D eigenvalue weighted by Gasteiger charge is 2.51. The molecule has 0 radical (unpaired) electrons. The fraction of sp³-hybridized carbons (Fsp3) is 0.429. The third-order valence-electron chi connectivity index (χ3n) is 6.28. The van der Waals surface area contributed by atoms with E-state index in [-0.39, 0.29) is 27.8 Å². The number of nitrogens with zero attached hydrogens (tertiary/aromatic N) is 1. The summed E-state index contributed by atoms with van der Waals surface area (Å²) >= 11 is 12.0. The molecule has 3 atom stereocenters. The third-order valence-corrected chi connectivity index (χ3v) is 11.1. The average Bonchev–Trinajstić information content (AvgIpc) is 3.38. The Morgan fingerprint density at radius 1 is 1.06 bits per heavy atom. The highest BCUT2D eigenvalue weighted by molar-refractivity contribution is 7.92. The summed E-state index contributed by atoms with van der Waals surface area (Å²) in [6.45, 7) is -0.311. The second-order valence-corrected chi connectivity index (χ2v) is 13.3. The van der Waals surface area contributed by atoms with E-state index in [2.05, 4.69) is 10.6 Å². The van der Waals surface area contributed by atoms with Crippen LogP contribution in [0.3, 0.4) is 0 Å². The molecule has 0 amide bonds. The maximum absolute atomic E-state index is 13.5. The fourth-order valence-electron chi connectivity index (χ4n) is 4.15. The number of aliphatic hydroxyl groups excluding tert-OH is 1. The van der Waals surface area contributed by atoms with Crippen LogP contribution in [0.1, 0.15) is 19.3 Å². The number of rotatable bonds is 8. The average molecular weight is 534 g/mol. The Kier molecular flexibility index (Phi) is 6.85. The van der Waals surface area contributed by atoms with Gasteiger partial charge in [-0.15, -0.1) is 0 Å².